The second kappa shape index (κ2) is 5.27. The van der Waals surface area contributed by atoms with Crippen LogP contribution in [0.2, 0.25) is 0 Å². The van der Waals surface area contributed by atoms with Crippen molar-refractivity contribution in [2.24, 2.45) is 11.7 Å². The number of sulfonamides is 1. The number of hydrogen-bond acceptors (Lipinski definition) is 3. The van der Waals surface area contributed by atoms with E-state index in [0.717, 1.165) is 19.3 Å². The summed E-state index contributed by atoms with van der Waals surface area (Å²) in [5, 5.41) is 0. The molecule has 1 unspecified atom stereocenters. The lowest BCUT2D eigenvalue weighted by molar-refractivity contribution is 0.343. The molecule has 0 aliphatic carbocycles. The van der Waals surface area contributed by atoms with Crippen molar-refractivity contribution in [3.63, 3.8) is 0 Å². The van der Waals surface area contributed by atoms with Crippen LogP contribution in [0.3, 0.4) is 0 Å². The maximum Gasteiger partial charge on any atom is 0.215 e. The number of nitrogens with two attached hydrogens (primary N) is 1. The standard InChI is InChI=1S/C10H22N2O2S/c1-9(2)10(11)8-15(13,14)12-6-4-3-5-7-12/h9-10H,3-8,11H2,1-2H3. The first-order chi connectivity index (χ1) is 6.93. The van der Waals surface area contributed by atoms with Gasteiger partial charge in [0.05, 0.1) is 5.75 Å². The van der Waals surface area contributed by atoms with Crippen LogP contribution in [0.4, 0.5) is 0 Å². The van der Waals surface area contributed by atoms with Gasteiger partial charge in [-0.1, -0.05) is 20.3 Å². The third kappa shape index (κ3) is 3.74. The van der Waals surface area contributed by atoms with E-state index in [2.05, 4.69) is 0 Å². The zero-order valence-corrected chi connectivity index (χ0v) is 10.5. The molecule has 1 rings (SSSR count). The van der Waals surface area contributed by atoms with Crippen LogP contribution >= 0.6 is 0 Å². The van der Waals surface area contributed by atoms with Gasteiger partial charge in [0.15, 0.2) is 0 Å². The fourth-order valence-electron chi connectivity index (χ4n) is 1.68. The minimum absolute atomic E-state index is 0.0880. The van der Waals surface area contributed by atoms with Crippen molar-refractivity contribution in [3.8, 4) is 0 Å². The van der Waals surface area contributed by atoms with Gasteiger partial charge < -0.3 is 5.73 Å². The average molecular weight is 234 g/mol. The Morgan fingerprint density at radius 3 is 2.20 bits per heavy atom. The maximum atomic E-state index is 11.9. The summed E-state index contributed by atoms with van der Waals surface area (Å²) in [7, 11) is -3.12. The molecule has 15 heavy (non-hydrogen) atoms. The van der Waals surface area contributed by atoms with Crippen molar-refractivity contribution < 1.29 is 8.42 Å². The fraction of sp³-hybridized carbons (Fsp3) is 1.00. The molecule has 1 atom stereocenters. The van der Waals surface area contributed by atoms with E-state index in [1.165, 1.54) is 0 Å². The van der Waals surface area contributed by atoms with Gasteiger partial charge in [-0.3, -0.25) is 0 Å². The second-order valence-electron chi connectivity index (χ2n) is 4.65. The Hall–Kier alpha value is -0.130. The highest BCUT2D eigenvalue weighted by Gasteiger charge is 2.26. The Balaban J connectivity index is 2.57. The Morgan fingerprint density at radius 2 is 1.73 bits per heavy atom. The summed E-state index contributed by atoms with van der Waals surface area (Å²) in [6, 6.07) is -0.253. The third-order valence-corrected chi connectivity index (χ3v) is 4.93. The molecule has 4 nitrogen and oxygen atoms in total. The molecule has 1 aliphatic heterocycles. The Kier molecular flexibility index (Phi) is 4.55. The summed E-state index contributed by atoms with van der Waals surface area (Å²) in [5.74, 6) is 0.301. The average Bonchev–Trinajstić information content (AvgIpc) is 2.18. The summed E-state index contributed by atoms with van der Waals surface area (Å²) in [4.78, 5) is 0. The molecule has 1 fully saturated rings. The molecule has 2 N–H and O–H groups in total. The van der Waals surface area contributed by atoms with Crippen molar-refractivity contribution >= 4 is 10.0 Å². The van der Waals surface area contributed by atoms with Crippen LogP contribution in [-0.4, -0.2) is 37.6 Å². The van der Waals surface area contributed by atoms with Crippen LogP contribution in [0.15, 0.2) is 0 Å². The minimum atomic E-state index is -3.12. The highest BCUT2D eigenvalue weighted by Crippen LogP contribution is 2.15. The first-order valence-corrected chi connectivity index (χ1v) is 7.28. The van der Waals surface area contributed by atoms with E-state index >= 15 is 0 Å². The van der Waals surface area contributed by atoms with Gasteiger partial charge in [-0.2, -0.15) is 0 Å². The molecule has 1 saturated heterocycles. The fourth-order valence-corrected chi connectivity index (χ4v) is 3.58. The van der Waals surface area contributed by atoms with Gasteiger partial charge in [-0.15, -0.1) is 0 Å². The first kappa shape index (κ1) is 12.9. The molecule has 0 aromatic heterocycles. The molecule has 0 amide bonds. The number of nitrogens with zero attached hydrogens (tertiary/aromatic N) is 1. The monoisotopic (exact) mass is 234 g/mol. The van der Waals surface area contributed by atoms with E-state index in [9.17, 15) is 8.42 Å². The van der Waals surface area contributed by atoms with E-state index in [4.69, 9.17) is 5.73 Å². The van der Waals surface area contributed by atoms with Crippen LogP contribution in [0.5, 0.6) is 0 Å². The molecule has 0 spiro atoms. The second-order valence-corrected chi connectivity index (χ2v) is 6.66. The maximum absolute atomic E-state index is 11.9. The van der Waals surface area contributed by atoms with Crippen LogP contribution in [-0.2, 0) is 10.0 Å². The van der Waals surface area contributed by atoms with Gasteiger partial charge >= 0.3 is 0 Å². The number of piperidine rings is 1. The van der Waals surface area contributed by atoms with Crippen LogP contribution in [0, 0.1) is 5.92 Å². The molecule has 1 heterocycles. The Morgan fingerprint density at radius 1 is 1.20 bits per heavy atom. The number of hydrogen-bond donors (Lipinski definition) is 1. The highest BCUT2D eigenvalue weighted by atomic mass is 32.2. The molecule has 90 valence electrons. The van der Waals surface area contributed by atoms with Crippen molar-refractivity contribution in [2.45, 2.75) is 39.2 Å². The van der Waals surface area contributed by atoms with Crippen molar-refractivity contribution in [1.82, 2.24) is 4.31 Å². The van der Waals surface area contributed by atoms with Crippen LogP contribution in [0.1, 0.15) is 33.1 Å². The summed E-state index contributed by atoms with van der Waals surface area (Å²) < 4.78 is 25.5. The summed E-state index contributed by atoms with van der Waals surface area (Å²) in [5.41, 5.74) is 5.80. The normalized spacial score (nSPS) is 21.9. The highest BCUT2D eigenvalue weighted by molar-refractivity contribution is 7.89. The molecule has 0 aromatic rings. The van der Waals surface area contributed by atoms with Gasteiger partial charge in [0.2, 0.25) is 10.0 Å². The predicted molar refractivity (Wildman–Crippen MR) is 62.0 cm³/mol. The van der Waals surface area contributed by atoms with Gasteiger partial charge in [0.1, 0.15) is 0 Å². The zero-order chi connectivity index (χ0) is 11.5. The summed E-state index contributed by atoms with van der Waals surface area (Å²) >= 11 is 0. The Bertz CT molecular complexity index is 282. The van der Waals surface area contributed by atoms with E-state index in [1.54, 1.807) is 4.31 Å². The van der Waals surface area contributed by atoms with E-state index in [0.29, 0.717) is 13.1 Å². The molecular weight excluding hydrogens is 212 g/mol. The van der Waals surface area contributed by atoms with Crippen molar-refractivity contribution in [1.29, 1.82) is 0 Å². The summed E-state index contributed by atoms with van der Waals surface area (Å²) in [6.45, 7) is 5.26. The largest absolute Gasteiger partial charge is 0.326 e. The predicted octanol–water partition coefficient (Wildman–Crippen LogP) is 0.785. The van der Waals surface area contributed by atoms with Gasteiger partial charge in [-0.25, -0.2) is 12.7 Å². The van der Waals surface area contributed by atoms with E-state index in [1.807, 2.05) is 13.8 Å². The first-order valence-electron chi connectivity index (χ1n) is 5.67. The molecule has 0 saturated carbocycles. The molecular formula is C10H22N2O2S. The lowest BCUT2D eigenvalue weighted by atomic mass is 10.1. The third-order valence-electron chi connectivity index (χ3n) is 2.97. The van der Waals surface area contributed by atoms with Gasteiger partial charge in [-0.05, 0) is 18.8 Å². The molecule has 0 radical (unpaired) electrons. The van der Waals surface area contributed by atoms with Crippen molar-refractivity contribution in [3.05, 3.63) is 0 Å². The molecule has 0 bridgehead atoms. The molecule has 1 aliphatic rings. The smallest absolute Gasteiger partial charge is 0.215 e. The van der Waals surface area contributed by atoms with Crippen LogP contribution < -0.4 is 5.73 Å². The lowest BCUT2D eigenvalue weighted by Crippen LogP contribution is -2.43. The number of rotatable bonds is 4. The SMILES string of the molecule is CC(C)C(N)CS(=O)(=O)N1CCCCC1. The Labute approximate surface area is 92.9 Å². The molecule has 0 aromatic carbocycles. The van der Waals surface area contributed by atoms with Gasteiger partial charge in [0.25, 0.3) is 0 Å². The van der Waals surface area contributed by atoms with Crippen LogP contribution in [0.25, 0.3) is 0 Å². The van der Waals surface area contributed by atoms with E-state index < -0.39 is 10.0 Å². The zero-order valence-electron chi connectivity index (χ0n) is 9.65. The quantitative estimate of drug-likeness (QED) is 0.782. The van der Waals surface area contributed by atoms with Crippen molar-refractivity contribution in [2.75, 3.05) is 18.8 Å². The lowest BCUT2D eigenvalue weighted by Gasteiger charge is -2.27. The minimum Gasteiger partial charge on any atom is -0.326 e. The topological polar surface area (TPSA) is 63.4 Å². The van der Waals surface area contributed by atoms with Gasteiger partial charge in [0, 0.05) is 19.1 Å². The summed E-state index contributed by atoms with van der Waals surface area (Å²) in [6.07, 6.45) is 3.11. The van der Waals surface area contributed by atoms with E-state index in [-0.39, 0.29) is 17.7 Å². The molecule has 5 heteroatoms.